The van der Waals surface area contributed by atoms with Crippen molar-refractivity contribution >= 4 is 0 Å². The van der Waals surface area contributed by atoms with Gasteiger partial charge in [0, 0.05) is 12.6 Å². The first-order valence-electron chi connectivity index (χ1n) is 4.61. The Morgan fingerprint density at radius 3 is 2.50 bits per heavy atom. The third-order valence-electron chi connectivity index (χ3n) is 2.72. The van der Waals surface area contributed by atoms with Gasteiger partial charge in [-0.3, -0.25) is 0 Å². The minimum Gasteiger partial charge on any atom is -0.310 e. The lowest BCUT2D eigenvalue weighted by atomic mass is 9.88. The zero-order valence-electron chi connectivity index (χ0n) is 7.67. The van der Waals surface area contributed by atoms with Crippen molar-refractivity contribution in [1.29, 1.82) is 0 Å². The number of fused-ring (bicyclic) bond motifs is 1. The third kappa shape index (κ3) is 1.14. The zero-order chi connectivity index (χ0) is 8.55. The number of hydrogen-bond acceptors (Lipinski definition) is 1. The Hall–Kier alpha value is -0.820. The summed E-state index contributed by atoms with van der Waals surface area (Å²) in [5, 5.41) is 3.49. The van der Waals surface area contributed by atoms with Gasteiger partial charge in [0.2, 0.25) is 0 Å². The van der Waals surface area contributed by atoms with Crippen molar-refractivity contribution in [2.45, 2.75) is 25.8 Å². The average molecular weight is 161 g/mol. The van der Waals surface area contributed by atoms with Gasteiger partial charge in [0.1, 0.15) is 0 Å². The Kier molecular flexibility index (Phi) is 1.89. The van der Waals surface area contributed by atoms with Crippen LogP contribution in [0, 0.1) is 0 Å². The summed E-state index contributed by atoms with van der Waals surface area (Å²) in [6.45, 7) is 5.61. The molecule has 2 rings (SSSR count). The SMILES string of the molecule is C[C@@H]1CN[C@@H](C)c2ccccc21. The first-order chi connectivity index (χ1) is 5.79. The van der Waals surface area contributed by atoms with Crippen LogP contribution in [-0.4, -0.2) is 6.54 Å². The Balaban J connectivity index is 2.47. The number of rotatable bonds is 0. The summed E-state index contributed by atoms with van der Waals surface area (Å²) in [6.07, 6.45) is 0. The highest BCUT2D eigenvalue weighted by Crippen LogP contribution is 2.28. The van der Waals surface area contributed by atoms with Gasteiger partial charge in [-0.15, -0.1) is 0 Å². The molecule has 1 heteroatoms. The van der Waals surface area contributed by atoms with Gasteiger partial charge >= 0.3 is 0 Å². The van der Waals surface area contributed by atoms with Gasteiger partial charge in [0.15, 0.2) is 0 Å². The van der Waals surface area contributed by atoms with Crippen LogP contribution in [0.4, 0.5) is 0 Å². The van der Waals surface area contributed by atoms with Gasteiger partial charge < -0.3 is 5.32 Å². The van der Waals surface area contributed by atoms with Gasteiger partial charge in [-0.05, 0) is 24.0 Å². The maximum atomic E-state index is 3.49. The normalized spacial score (nSPS) is 28.2. The minimum absolute atomic E-state index is 0.525. The molecule has 0 fully saturated rings. The van der Waals surface area contributed by atoms with Crippen molar-refractivity contribution in [2.24, 2.45) is 0 Å². The fourth-order valence-corrected chi connectivity index (χ4v) is 1.93. The van der Waals surface area contributed by atoms with Gasteiger partial charge in [0.05, 0.1) is 0 Å². The van der Waals surface area contributed by atoms with Gasteiger partial charge in [-0.1, -0.05) is 31.2 Å². The van der Waals surface area contributed by atoms with Gasteiger partial charge in [-0.2, -0.15) is 0 Å². The number of hydrogen-bond donors (Lipinski definition) is 1. The molecule has 0 aromatic heterocycles. The summed E-state index contributed by atoms with van der Waals surface area (Å²) in [5.41, 5.74) is 2.99. The van der Waals surface area contributed by atoms with E-state index < -0.39 is 0 Å². The quantitative estimate of drug-likeness (QED) is 0.616. The highest BCUT2D eigenvalue weighted by Gasteiger charge is 2.19. The maximum absolute atomic E-state index is 3.49. The molecule has 0 saturated carbocycles. The summed E-state index contributed by atoms with van der Waals surface area (Å²) >= 11 is 0. The largest absolute Gasteiger partial charge is 0.310 e. The van der Waals surface area contributed by atoms with Crippen LogP contribution >= 0.6 is 0 Å². The number of nitrogens with one attached hydrogen (secondary N) is 1. The first kappa shape index (κ1) is 7.81. The van der Waals surface area contributed by atoms with E-state index in [2.05, 4.69) is 43.4 Å². The first-order valence-corrected chi connectivity index (χ1v) is 4.61. The molecule has 1 aromatic rings. The predicted octanol–water partition coefficient (Wildman–Crippen LogP) is 2.45. The lowest BCUT2D eigenvalue weighted by molar-refractivity contribution is 0.495. The summed E-state index contributed by atoms with van der Waals surface area (Å²) in [4.78, 5) is 0. The second-order valence-corrected chi connectivity index (χ2v) is 3.66. The van der Waals surface area contributed by atoms with E-state index in [1.54, 1.807) is 0 Å². The molecule has 1 aliphatic heterocycles. The lowest BCUT2D eigenvalue weighted by Crippen LogP contribution is -2.30. The molecule has 2 atom stereocenters. The van der Waals surface area contributed by atoms with E-state index in [0.717, 1.165) is 6.54 Å². The van der Waals surface area contributed by atoms with Crippen LogP contribution in [0.3, 0.4) is 0 Å². The van der Waals surface area contributed by atoms with E-state index in [4.69, 9.17) is 0 Å². The van der Waals surface area contributed by atoms with E-state index in [0.29, 0.717) is 12.0 Å². The smallest absolute Gasteiger partial charge is 0.0294 e. The number of benzene rings is 1. The van der Waals surface area contributed by atoms with Crippen LogP contribution in [0.5, 0.6) is 0 Å². The highest BCUT2D eigenvalue weighted by atomic mass is 14.9. The molecule has 0 spiro atoms. The van der Waals surface area contributed by atoms with Crippen LogP contribution < -0.4 is 5.32 Å². The Morgan fingerprint density at radius 2 is 1.83 bits per heavy atom. The van der Waals surface area contributed by atoms with Gasteiger partial charge in [0.25, 0.3) is 0 Å². The van der Waals surface area contributed by atoms with Crippen LogP contribution in [0.2, 0.25) is 0 Å². The fraction of sp³-hybridized carbons (Fsp3) is 0.455. The van der Waals surface area contributed by atoms with Crippen LogP contribution in [0.15, 0.2) is 24.3 Å². The van der Waals surface area contributed by atoms with Gasteiger partial charge in [-0.25, -0.2) is 0 Å². The summed E-state index contributed by atoms with van der Waals surface area (Å²) in [6, 6.07) is 9.25. The molecule has 1 heterocycles. The molecule has 64 valence electrons. The molecule has 0 amide bonds. The van der Waals surface area contributed by atoms with Crippen molar-refractivity contribution in [1.82, 2.24) is 5.32 Å². The molecule has 0 unspecified atom stereocenters. The molecule has 12 heavy (non-hydrogen) atoms. The lowest BCUT2D eigenvalue weighted by Gasteiger charge is -2.28. The molecule has 0 bridgehead atoms. The van der Waals surface area contributed by atoms with Crippen molar-refractivity contribution in [3.8, 4) is 0 Å². The topological polar surface area (TPSA) is 12.0 Å². The molecule has 1 aliphatic rings. The summed E-state index contributed by atoms with van der Waals surface area (Å²) in [5.74, 6) is 0.664. The highest BCUT2D eigenvalue weighted by molar-refractivity contribution is 5.34. The molecular weight excluding hydrogens is 146 g/mol. The molecule has 1 N–H and O–H groups in total. The van der Waals surface area contributed by atoms with Crippen LogP contribution in [-0.2, 0) is 0 Å². The second kappa shape index (κ2) is 2.91. The fourth-order valence-electron chi connectivity index (χ4n) is 1.93. The van der Waals surface area contributed by atoms with Crippen molar-refractivity contribution in [3.63, 3.8) is 0 Å². The van der Waals surface area contributed by atoms with E-state index in [-0.39, 0.29) is 0 Å². The summed E-state index contributed by atoms with van der Waals surface area (Å²) < 4.78 is 0. The maximum Gasteiger partial charge on any atom is 0.0294 e. The molecule has 0 saturated heterocycles. The minimum atomic E-state index is 0.525. The van der Waals surface area contributed by atoms with Crippen LogP contribution in [0.1, 0.15) is 36.9 Å². The Labute approximate surface area is 73.8 Å². The van der Waals surface area contributed by atoms with E-state index in [1.807, 2.05) is 0 Å². The Bertz CT molecular complexity index is 251. The zero-order valence-corrected chi connectivity index (χ0v) is 7.67. The van der Waals surface area contributed by atoms with Crippen molar-refractivity contribution in [3.05, 3.63) is 35.4 Å². The monoisotopic (exact) mass is 161 g/mol. The molecule has 0 radical (unpaired) electrons. The molecule has 0 aliphatic carbocycles. The third-order valence-corrected chi connectivity index (χ3v) is 2.72. The van der Waals surface area contributed by atoms with Crippen LogP contribution in [0.25, 0.3) is 0 Å². The van der Waals surface area contributed by atoms with E-state index in [1.165, 1.54) is 11.1 Å². The molecule has 1 aromatic carbocycles. The Morgan fingerprint density at radius 1 is 1.17 bits per heavy atom. The standard InChI is InChI=1S/C11H15N/c1-8-7-12-9(2)11-6-4-3-5-10(8)11/h3-6,8-9,12H,7H2,1-2H3/t8-,9+/m1/s1. The molecular formula is C11H15N. The molecule has 1 nitrogen and oxygen atoms in total. The predicted molar refractivity (Wildman–Crippen MR) is 51.3 cm³/mol. The van der Waals surface area contributed by atoms with E-state index >= 15 is 0 Å². The summed E-state index contributed by atoms with van der Waals surface area (Å²) in [7, 11) is 0. The van der Waals surface area contributed by atoms with Crippen molar-refractivity contribution in [2.75, 3.05) is 6.54 Å². The van der Waals surface area contributed by atoms with Crippen molar-refractivity contribution < 1.29 is 0 Å². The average Bonchev–Trinajstić information content (AvgIpc) is 2.12. The second-order valence-electron chi connectivity index (χ2n) is 3.66. The van der Waals surface area contributed by atoms with E-state index in [9.17, 15) is 0 Å².